The largest absolute Gasteiger partial charge is 0.492 e. The second-order valence-electron chi connectivity index (χ2n) is 11.9. The van der Waals surface area contributed by atoms with E-state index < -0.39 is 15.9 Å². The fraction of sp³-hybridized carbons (Fsp3) is 0.242. The average Bonchev–Trinajstić information content (AvgIpc) is 3.40. The molecule has 0 atom stereocenters. The minimum Gasteiger partial charge on any atom is -0.492 e. The van der Waals surface area contributed by atoms with Crippen LogP contribution < -0.4 is 30.7 Å². The van der Waals surface area contributed by atoms with Gasteiger partial charge in [-0.15, -0.1) is 5.53 Å². The smallest absolute Gasteiger partial charge is 0.255 e. The molecular formula is C33H35N7O5S. The molecule has 4 N–H and O–H groups in total. The molecule has 4 aromatic rings. The van der Waals surface area contributed by atoms with Gasteiger partial charge in [-0.25, -0.2) is 13.4 Å². The molecule has 1 aromatic heterocycles. The summed E-state index contributed by atoms with van der Waals surface area (Å²) in [4.78, 5) is 31.0. The fourth-order valence-corrected chi connectivity index (χ4v) is 5.96. The summed E-state index contributed by atoms with van der Waals surface area (Å²) in [5.74, 6) is -0.0457. The topological polar surface area (TPSA) is 147 Å². The average molecular weight is 642 g/mol. The van der Waals surface area contributed by atoms with Crippen molar-refractivity contribution in [2.24, 2.45) is 7.05 Å². The number of nitrogens with zero attached hydrogens (tertiary/aromatic N) is 3. The molecule has 1 aliphatic heterocycles. The molecule has 3 aromatic carbocycles. The van der Waals surface area contributed by atoms with Gasteiger partial charge in [0.1, 0.15) is 0 Å². The number of aromatic nitrogens is 2. The quantitative estimate of drug-likeness (QED) is 0.184. The molecule has 1 aliphatic carbocycles. The van der Waals surface area contributed by atoms with Crippen LogP contribution in [0.5, 0.6) is 5.75 Å². The molecule has 6 rings (SSSR count). The summed E-state index contributed by atoms with van der Waals surface area (Å²) in [7, 11) is -0.389. The van der Waals surface area contributed by atoms with Crippen molar-refractivity contribution < 1.29 is 22.7 Å². The highest BCUT2D eigenvalue weighted by molar-refractivity contribution is 7.92. The molecule has 1 saturated carbocycles. The fourth-order valence-electron chi connectivity index (χ4n) is 5.41. The lowest BCUT2D eigenvalue weighted by Gasteiger charge is -2.20. The van der Waals surface area contributed by atoms with Crippen LogP contribution in [0.3, 0.4) is 0 Å². The van der Waals surface area contributed by atoms with Crippen LogP contribution >= 0.6 is 0 Å². The first kappa shape index (κ1) is 30.9. The molecule has 238 valence electrons. The van der Waals surface area contributed by atoms with E-state index in [-0.39, 0.29) is 22.6 Å². The predicted octanol–water partition coefficient (Wildman–Crippen LogP) is 4.47. The summed E-state index contributed by atoms with van der Waals surface area (Å²) < 4.78 is 34.1. The molecule has 0 bridgehead atoms. The first-order valence-electron chi connectivity index (χ1n) is 14.6. The van der Waals surface area contributed by atoms with Gasteiger partial charge < -0.3 is 14.6 Å². The van der Waals surface area contributed by atoms with Crippen LogP contribution in [0.4, 0.5) is 17.1 Å². The van der Waals surface area contributed by atoms with Gasteiger partial charge in [-0.2, -0.15) is 0 Å². The molecule has 0 spiro atoms. The first-order chi connectivity index (χ1) is 21.9. The summed E-state index contributed by atoms with van der Waals surface area (Å²) in [6.07, 6.45) is 6.45. The van der Waals surface area contributed by atoms with Gasteiger partial charge in [0, 0.05) is 18.2 Å². The number of ether oxygens (including phenoxy) is 1. The number of carbonyl (C=O) groups is 2. The number of anilines is 3. The van der Waals surface area contributed by atoms with E-state index in [0.29, 0.717) is 39.7 Å². The molecule has 1 amide bonds. The Balaban J connectivity index is 1.27. The normalized spacial score (nSPS) is 15.2. The van der Waals surface area contributed by atoms with Crippen LogP contribution in [-0.2, 0) is 22.5 Å². The van der Waals surface area contributed by atoms with Crippen molar-refractivity contribution in [2.75, 3.05) is 28.4 Å². The summed E-state index contributed by atoms with van der Waals surface area (Å²) in [6.45, 7) is 4.03. The van der Waals surface area contributed by atoms with Crippen molar-refractivity contribution in [3.05, 3.63) is 107 Å². The molecule has 0 saturated heterocycles. The molecule has 0 radical (unpaired) electrons. The lowest BCUT2D eigenvalue weighted by molar-refractivity contribution is 0.101. The highest BCUT2D eigenvalue weighted by Crippen LogP contribution is 2.51. The van der Waals surface area contributed by atoms with Crippen LogP contribution in [0.25, 0.3) is 5.70 Å². The van der Waals surface area contributed by atoms with E-state index in [1.165, 1.54) is 7.11 Å². The van der Waals surface area contributed by atoms with E-state index in [0.717, 1.165) is 30.2 Å². The Labute approximate surface area is 267 Å². The lowest BCUT2D eigenvalue weighted by atomic mass is 9.96. The Bertz CT molecular complexity index is 2000. The number of carbonyl (C=O) groups excluding carboxylic acids is 2. The minimum absolute atomic E-state index is 0.0986. The van der Waals surface area contributed by atoms with E-state index in [4.69, 9.17) is 4.74 Å². The summed E-state index contributed by atoms with van der Waals surface area (Å²) in [5.41, 5.74) is 11.6. The van der Waals surface area contributed by atoms with E-state index in [2.05, 4.69) is 32.9 Å². The van der Waals surface area contributed by atoms with Crippen molar-refractivity contribution >= 4 is 44.5 Å². The van der Waals surface area contributed by atoms with Gasteiger partial charge in [0.05, 0.1) is 54.2 Å². The van der Waals surface area contributed by atoms with Crippen LogP contribution in [0.2, 0.25) is 0 Å². The Morgan fingerprint density at radius 2 is 1.74 bits per heavy atom. The standard InChI is InChI=1S/C33H35N7O5S/c1-20-11-12-22(32(42)35-24-16-23(33(2)13-14-33)17-25(30(24)45-4)37-46(5,43)44)15-27(20)40-19-26(36-38-40)28-18-34-31(39(28)3)29(41)21-9-7-6-8-10-21/h6-12,15-19,36-38H,13-14H2,1-5H3,(H,35,42). The third-order valence-electron chi connectivity index (χ3n) is 8.34. The number of nitrogens with one attached hydrogen (secondary N) is 4. The molecule has 46 heavy (non-hydrogen) atoms. The number of sulfonamides is 1. The lowest BCUT2D eigenvalue weighted by Crippen LogP contribution is -2.36. The number of amides is 1. The van der Waals surface area contributed by atoms with Gasteiger partial charge in [0.2, 0.25) is 15.8 Å². The van der Waals surface area contributed by atoms with E-state index in [9.17, 15) is 18.0 Å². The number of hydrazine groups is 2. The SMILES string of the molecule is COc1c(NC(=O)c2ccc(C)c(N3C=C(c4cnc(C(=O)c5ccccc5)n4C)NN3)c2)cc(C2(C)CC2)cc1NS(C)(=O)=O. The van der Waals surface area contributed by atoms with Crippen LogP contribution in [0.1, 0.15) is 63.1 Å². The van der Waals surface area contributed by atoms with Gasteiger partial charge >= 0.3 is 0 Å². The summed E-state index contributed by atoms with van der Waals surface area (Å²) in [5, 5.41) is 4.68. The Morgan fingerprint density at radius 1 is 1.02 bits per heavy atom. The van der Waals surface area contributed by atoms with Crippen molar-refractivity contribution in [1.82, 2.24) is 20.5 Å². The molecule has 2 heterocycles. The third-order valence-corrected chi connectivity index (χ3v) is 8.93. The van der Waals surface area contributed by atoms with Gasteiger partial charge in [0.15, 0.2) is 11.6 Å². The van der Waals surface area contributed by atoms with Gasteiger partial charge in [0.25, 0.3) is 5.91 Å². The zero-order valence-electron chi connectivity index (χ0n) is 26.1. The molecule has 12 nitrogen and oxygen atoms in total. The number of methoxy groups -OCH3 is 1. The van der Waals surface area contributed by atoms with Crippen molar-refractivity contribution in [3.8, 4) is 5.75 Å². The summed E-state index contributed by atoms with van der Waals surface area (Å²) >= 11 is 0. The molecular weight excluding hydrogens is 606 g/mol. The zero-order chi connectivity index (χ0) is 32.8. The molecule has 2 aliphatic rings. The molecule has 1 fully saturated rings. The zero-order valence-corrected chi connectivity index (χ0v) is 27.0. The second kappa shape index (κ2) is 11.7. The third kappa shape index (κ3) is 6.06. The van der Waals surface area contributed by atoms with E-state index >= 15 is 0 Å². The Kier molecular flexibility index (Phi) is 7.82. The van der Waals surface area contributed by atoms with Gasteiger partial charge in [-0.05, 0) is 60.6 Å². The highest BCUT2D eigenvalue weighted by Gasteiger charge is 2.40. The second-order valence-corrected chi connectivity index (χ2v) is 13.6. The number of imidazole rings is 1. The highest BCUT2D eigenvalue weighted by atomic mass is 32.2. The number of ketones is 1. The maximum atomic E-state index is 13.6. The number of rotatable bonds is 10. The van der Waals surface area contributed by atoms with E-state index in [1.54, 1.807) is 53.2 Å². The Hall–Kier alpha value is -5.14. The van der Waals surface area contributed by atoms with Crippen LogP contribution in [0, 0.1) is 6.92 Å². The summed E-state index contributed by atoms with van der Waals surface area (Å²) in [6, 6.07) is 17.9. The molecule has 13 heteroatoms. The monoisotopic (exact) mass is 641 g/mol. The maximum Gasteiger partial charge on any atom is 0.255 e. The first-order valence-corrected chi connectivity index (χ1v) is 16.5. The van der Waals surface area contributed by atoms with Gasteiger partial charge in [-0.3, -0.25) is 24.7 Å². The van der Waals surface area contributed by atoms with Crippen molar-refractivity contribution in [2.45, 2.75) is 32.1 Å². The number of benzene rings is 3. The van der Waals surface area contributed by atoms with Crippen LogP contribution in [-0.4, -0.2) is 43.0 Å². The predicted molar refractivity (Wildman–Crippen MR) is 177 cm³/mol. The van der Waals surface area contributed by atoms with Crippen molar-refractivity contribution in [1.29, 1.82) is 0 Å². The number of aryl methyl sites for hydroxylation is 1. The number of hydrogen-bond acceptors (Lipinski definition) is 9. The molecule has 0 unspecified atom stereocenters. The maximum absolute atomic E-state index is 13.6. The van der Waals surface area contributed by atoms with E-state index in [1.807, 2.05) is 43.5 Å². The Morgan fingerprint density at radius 3 is 2.41 bits per heavy atom. The van der Waals surface area contributed by atoms with Gasteiger partial charge in [-0.1, -0.05) is 43.3 Å². The number of hydrogen-bond donors (Lipinski definition) is 4. The minimum atomic E-state index is -3.60. The van der Waals surface area contributed by atoms with Crippen LogP contribution in [0.15, 0.2) is 73.1 Å². The van der Waals surface area contributed by atoms with Crippen molar-refractivity contribution in [3.63, 3.8) is 0 Å².